The second-order valence-electron chi connectivity index (χ2n) is 7.54. The van der Waals surface area contributed by atoms with Crippen molar-refractivity contribution in [3.05, 3.63) is 71.3 Å². The first-order chi connectivity index (χ1) is 14.4. The van der Waals surface area contributed by atoms with Crippen LogP contribution in [0.15, 0.2) is 54.6 Å². The van der Waals surface area contributed by atoms with E-state index in [4.69, 9.17) is 4.74 Å². The Hall–Kier alpha value is -3.48. The number of carbonyl (C=O) groups is 4. The topological polar surface area (TPSA) is 92.8 Å². The SMILES string of the molecule is CC(C)CNC(=O)COC(=O)[C@@H](Cc1ccccc1)N1C(=O)c2ccccc2C1=O. The van der Waals surface area contributed by atoms with Crippen molar-refractivity contribution in [3.63, 3.8) is 0 Å². The number of amides is 3. The Bertz CT molecular complexity index is 920. The fourth-order valence-corrected chi connectivity index (χ4v) is 3.21. The van der Waals surface area contributed by atoms with Crippen LogP contribution in [0.3, 0.4) is 0 Å². The molecule has 1 aliphatic rings. The van der Waals surface area contributed by atoms with E-state index in [2.05, 4.69) is 5.32 Å². The summed E-state index contributed by atoms with van der Waals surface area (Å²) in [6.07, 6.45) is 0.0960. The summed E-state index contributed by atoms with van der Waals surface area (Å²) in [6.45, 7) is 3.89. The molecule has 2 aromatic carbocycles. The predicted molar refractivity (Wildman–Crippen MR) is 110 cm³/mol. The molecule has 3 rings (SSSR count). The molecule has 2 aromatic rings. The van der Waals surface area contributed by atoms with Crippen molar-refractivity contribution in [2.75, 3.05) is 13.2 Å². The number of hydrogen-bond acceptors (Lipinski definition) is 5. The van der Waals surface area contributed by atoms with Crippen LogP contribution in [-0.2, 0) is 20.7 Å². The largest absolute Gasteiger partial charge is 0.454 e. The third-order valence-corrected chi connectivity index (χ3v) is 4.73. The number of imide groups is 1. The van der Waals surface area contributed by atoms with Gasteiger partial charge in [0.25, 0.3) is 17.7 Å². The first-order valence-corrected chi connectivity index (χ1v) is 9.82. The van der Waals surface area contributed by atoms with Gasteiger partial charge in [0.05, 0.1) is 11.1 Å². The van der Waals surface area contributed by atoms with Gasteiger partial charge in [0, 0.05) is 13.0 Å². The highest BCUT2D eigenvalue weighted by atomic mass is 16.5. The summed E-state index contributed by atoms with van der Waals surface area (Å²) in [6, 6.07) is 14.3. The molecule has 0 saturated heterocycles. The molecule has 3 amide bonds. The van der Waals surface area contributed by atoms with Crippen molar-refractivity contribution in [3.8, 4) is 0 Å². The standard InChI is InChI=1S/C23H24N2O5/c1-15(2)13-24-20(26)14-30-23(29)19(12-16-8-4-3-5-9-16)25-21(27)17-10-6-7-11-18(17)22(25)28/h3-11,15,19H,12-14H2,1-2H3,(H,24,26)/t19-/m1/s1. The van der Waals surface area contributed by atoms with Crippen molar-refractivity contribution in [1.82, 2.24) is 10.2 Å². The van der Waals surface area contributed by atoms with Gasteiger partial charge in [0.2, 0.25) is 0 Å². The van der Waals surface area contributed by atoms with Crippen molar-refractivity contribution < 1.29 is 23.9 Å². The van der Waals surface area contributed by atoms with Gasteiger partial charge in [-0.05, 0) is 23.6 Å². The molecule has 1 heterocycles. The molecule has 1 N–H and O–H groups in total. The molecule has 7 nitrogen and oxygen atoms in total. The van der Waals surface area contributed by atoms with Gasteiger partial charge in [-0.25, -0.2) is 4.79 Å². The maximum atomic E-state index is 12.9. The molecule has 1 atom stereocenters. The Morgan fingerprint density at radius 2 is 1.50 bits per heavy atom. The normalized spacial score (nSPS) is 13.9. The quantitative estimate of drug-likeness (QED) is 0.534. The van der Waals surface area contributed by atoms with Crippen LogP contribution < -0.4 is 5.32 Å². The molecule has 0 aliphatic carbocycles. The zero-order valence-electron chi connectivity index (χ0n) is 17.0. The molecule has 1 aliphatic heterocycles. The smallest absolute Gasteiger partial charge is 0.330 e. The van der Waals surface area contributed by atoms with Crippen LogP contribution >= 0.6 is 0 Å². The second-order valence-corrected chi connectivity index (χ2v) is 7.54. The first-order valence-electron chi connectivity index (χ1n) is 9.82. The Morgan fingerprint density at radius 3 is 2.07 bits per heavy atom. The number of rotatable bonds is 8. The van der Waals surface area contributed by atoms with Crippen LogP contribution in [0, 0.1) is 5.92 Å². The predicted octanol–water partition coefficient (Wildman–Crippen LogP) is 2.21. The highest BCUT2D eigenvalue weighted by Crippen LogP contribution is 2.26. The van der Waals surface area contributed by atoms with Gasteiger partial charge in [-0.3, -0.25) is 19.3 Å². The summed E-state index contributed by atoms with van der Waals surface area (Å²) in [7, 11) is 0. The highest BCUT2D eigenvalue weighted by Gasteiger charge is 2.43. The zero-order chi connectivity index (χ0) is 21.7. The number of benzene rings is 2. The average molecular weight is 408 g/mol. The Morgan fingerprint density at radius 1 is 0.933 bits per heavy atom. The van der Waals surface area contributed by atoms with Crippen LogP contribution in [-0.4, -0.2) is 47.8 Å². The van der Waals surface area contributed by atoms with Crippen LogP contribution in [0.1, 0.15) is 40.1 Å². The average Bonchev–Trinajstić information content (AvgIpc) is 3.00. The summed E-state index contributed by atoms with van der Waals surface area (Å²) < 4.78 is 5.18. The number of nitrogens with one attached hydrogen (secondary N) is 1. The number of hydrogen-bond donors (Lipinski definition) is 1. The maximum absolute atomic E-state index is 12.9. The number of nitrogens with zero attached hydrogens (tertiary/aromatic N) is 1. The molecule has 0 aromatic heterocycles. The zero-order valence-corrected chi connectivity index (χ0v) is 17.0. The molecular formula is C23H24N2O5. The molecule has 0 bridgehead atoms. The van der Waals surface area contributed by atoms with Crippen molar-refractivity contribution in [2.24, 2.45) is 5.92 Å². The summed E-state index contributed by atoms with van der Waals surface area (Å²) in [5.41, 5.74) is 1.27. The minimum Gasteiger partial charge on any atom is -0.454 e. The maximum Gasteiger partial charge on any atom is 0.330 e. The molecule has 0 saturated carbocycles. The van der Waals surface area contributed by atoms with Crippen molar-refractivity contribution in [1.29, 1.82) is 0 Å². The Kier molecular flexibility index (Phi) is 6.61. The molecule has 0 spiro atoms. The van der Waals surface area contributed by atoms with Gasteiger partial charge in [0.15, 0.2) is 6.61 Å². The number of esters is 1. The van der Waals surface area contributed by atoms with Crippen molar-refractivity contribution >= 4 is 23.7 Å². The monoisotopic (exact) mass is 408 g/mol. The van der Waals surface area contributed by atoms with Crippen LogP contribution in [0.4, 0.5) is 0 Å². The van der Waals surface area contributed by atoms with Gasteiger partial charge in [-0.1, -0.05) is 56.3 Å². The van der Waals surface area contributed by atoms with E-state index in [-0.39, 0.29) is 23.5 Å². The van der Waals surface area contributed by atoms with Crippen LogP contribution in [0.25, 0.3) is 0 Å². The molecule has 0 unspecified atom stereocenters. The van der Waals surface area contributed by atoms with E-state index < -0.39 is 36.3 Å². The van der Waals surface area contributed by atoms with E-state index in [1.54, 1.807) is 48.5 Å². The fraction of sp³-hybridized carbons (Fsp3) is 0.304. The summed E-state index contributed by atoms with van der Waals surface area (Å²) >= 11 is 0. The molecule has 0 radical (unpaired) electrons. The minimum atomic E-state index is -1.17. The number of fused-ring (bicyclic) bond motifs is 1. The fourth-order valence-electron chi connectivity index (χ4n) is 3.21. The van der Waals surface area contributed by atoms with E-state index in [0.29, 0.717) is 6.54 Å². The molecule has 7 heteroatoms. The second kappa shape index (κ2) is 9.35. The third-order valence-electron chi connectivity index (χ3n) is 4.73. The van der Waals surface area contributed by atoms with Gasteiger partial charge in [0.1, 0.15) is 6.04 Å². The summed E-state index contributed by atoms with van der Waals surface area (Å²) in [5.74, 6) is -2.06. The van der Waals surface area contributed by atoms with E-state index in [0.717, 1.165) is 10.5 Å². The van der Waals surface area contributed by atoms with Crippen molar-refractivity contribution in [2.45, 2.75) is 26.3 Å². The van der Waals surface area contributed by atoms with E-state index in [9.17, 15) is 19.2 Å². The molecular weight excluding hydrogens is 384 g/mol. The van der Waals surface area contributed by atoms with Gasteiger partial charge in [-0.2, -0.15) is 0 Å². The molecule has 30 heavy (non-hydrogen) atoms. The van der Waals surface area contributed by atoms with Gasteiger partial charge in [-0.15, -0.1) is 0 Å². The van der Waals surface area contributed by atoms with Gasteiger partial charge < -0.3 is 10.1 Å². The number of ether oxygens (including phenoxy) is 1. The van der Waals surface area contributed by atoms with Crippen LogP contribution in [0.2, 0.25) is 0 Å². The lowest BCUT2D eigenvalue weighted by Gasteiger charge is -2.24. The first kappa shape index (κ1) is 21.2. The lowest BCUT2D eigenvalue weighted by molar-refractivity contribution is -0.152. The van der Waals surface area contributed by atoms with Crippen LogP contribution in [0.5, 0.6) is 0 Å². The van der Waals surface area contributed by atoms with E-state index in [1.165, 1.54) is 0 Å². The number of carbonyl (C=O) groups excluding carboxylic acids is 4. The highest BCUT2D eigenvalue weighted by molar-refractivity contribution is 6.22. The Balaban J connectivity index is 1.79. The van der Waals surface area contributed by atoms with E-state index >= 15 is 0 Å². The lowest BCUT2D eigenvalue weighted by Crippen LogP contribution is -2.47. The lowest BCUT2D eigenvalue weighted by atomic mass is 10.0. The molecule has 0 fully saturated rings. The molecule has 156 valence electrons. The Labute approximate surface area is 175 Å². The summed E-state index contributed by atoms with van der Waals surface area (Å²) in [5, 5.41) is 2.66. The summed E-state index contributed by atoms with van der Waals surface area (Å²) in [4.78, 5) is 51.5. The van der Waals surface area contributed by atoms with E-state index in [1.807, 2.05) is 19.9 Å². The van der Waals surface area contributed by atoms with Gasteiger partial charge >= 0.3 is 5.97 Å². The third kappa shape index (κ3) is 4.74. The minimum absolute atomic E-state index is 0.0960.